The number of carbonyl (C=O) groups is 1. The molecule has 0 heterocycles. The van der Waals surface area contributed by atoms with Gasteiger partial charge in [0.15, 0.2) is 0 Å². The lowest BCUT2D eigenvalue weighted by molar-refractivity contribution is 0.138. The Bertz CT molecular complexity index is 398. The summed E-state index contributed by atoms with van der Waals surface area (Å²) in [5.41, 5.74) is 0.694. The molecule has 4 heteroatoms. The van der Waals surface area contributed by atoms with Crippen molar-refractivity contribution in [2.24, 2.45) is 5.41 Å². The van der Waals surface area contributed by atoms with E-state index in [0.717, 1.165) is 5.56 Å². The van der Waals surface area contributed by atoms with Crippen LogP contribution in [0.1, 0.15) is 45.3 Å². The van der Waals surface area contributed by atoms with Crippen molar-refractivity contribution in [2.75, 3.05) is 0 Å². The first-order chi connectivity index (χ1) is 8.80. The van der Waals surface area contributed by atoms with Crippen molar-refractivity contribution in [1.29, 1.82) is 0 Å². The predicted octanol–water partition coefficient (Wildman–Crippen LogP) is 3.18. The average molecular weight is 265 g/mol. The van der Waals surface area contributed by atoms with Gasteiger partial charge in [0.25, 0.3) is 0 Å². The maximum absolute atomic E-state index is 10.8. The zero-order valence-corrected chi connectivity index (χ0v) is 11.8. The number of amides is 1. The molecule has 0 bridgehead atoms. The molecular weight excluding hydrogens is 242 g/mol. The summed E-state index contributed by atoms with van der Waals surface area (Å²) in [5, 5.41) is 21.5. The molecule has 0 aliphatic carbocycles. The van der Waals surface area contributed by atoms with Crippen LogP contribution in [0.25, 0.3) is 0 Å². The molecule has 1 unspecified atom stereocenters. The van der Waals surface area contributed by atoms with Gasteiger partial charge in [-0.25, -0.2) is 4.79 Å². The van der Waals surface area contributed by atoms with Crippen LogP contribution in [0.4, 0.5) is 4.79 Å². The van der Waals surface area contributed by atoms with Gasteiger partial charge in [0, 0.05) is 6.04 Å². The Hall–Kier alpha value is -1.55. The first-order valence-electron chi connectivity index (χ1n) is 6.53. The molecule has 0 saturated heterocycles. The standard InChI is InChI=1S/C15H23NO3/c1-15(2,3)13(16-14(18)19)10-9-12(17)11-7-5-4-6-8-11/h4-8,12-13,16-17H,9-10H2,1-3H3,(H,18,19)/t12-,13?/m0/s1. The molecule has 0 spiro atoms. The molecule has 0 aromatic heterocycles. The summed E-state index contributed by atoms with van der Waals surface area (Å²) in [6.45, 7) is 5.97. The minimum atomic E-state index is -1.02. The van der Waals surface area contributed by atoms with Gasteiger partial charge in [-0.15, -0.1) is 0 Å². The highest BCUT2D eigenvalue weighted by Crippen LogP contribution is 2.26. The lowest BCUT2D eigenvalue weighted by Gasteiger charge is -2.31. The van der Waals surface area contributed by atoms with Crippen molar-refractivity contribution in [3.63, 3.8) is 0 Å². The molecule has 1 aromatic rings. The molecule has 1 rings (SSSR count). The van der Waals surface area contributed by atoms with Gasteiger partial charge in [-0.3, -0.25) is 0 Å². The summed E-state index contributed by atoms with van der Waals surface area (Å²) in [6, 6.07) is 9.25. The van der Waals surface area contributed by atoms with Crippen LogP contribution in [-0.4, -0.2) is 22.3 Å². The van der Waals surface area contributed by atoms with Crippen molar-refractivity contribution in [1.82, 2.24) is 5.32 Å². The number of aliphatic hydroxyl groups is 1. The Kier molecular flexibility index (Phi) is 5.36. The quantitative estimate of drug-likeness (QED) is 0.765. The highest BCUT2D eigenvalue weighted by Gasteiger charge is 2.26. The number of rotatable bonds is 5. The number of hydrogen-bond acceptors (Lipinski definition) is 2. The normalized spacial score (nSPS) is 14.7. The van der Waals surface area contributed by atoms with Gasteiger partial charge in [-0.1, -0.05) is 51.1 Å². The van der Waals surface area contributed by atoms with Gasteiger partial charge in [0.2, 0.25) is 0 Å². The van der Waals surface area contributed by atoms with Crippen molar-refractivity contribution < 1.29 is 15.0 Å². The monoisotopic (exact) mass is 265 g/mol. The lowest BCUT2D eigenvalue weighted by Crippen LogP contribution is -2.43. The van der Waals surface area contributed by atoms with E-state index in [4.69, 9.17) is 5.11 Å². The van der Waals surface area contributed by atoms with Gasteiger partial charge in [-0.05, 0) is 23.8 Å². The smallest absolute Gasteiger partial charge is 0.404 e. The molecule has 1 aromatic carbocycles. The molecule has 19 heavy (non-hydrogen) atoms. The lowest BCUT2D eigenvalue weighted by atomic mass is 9.83. The largest absolute Gasteiger partial charge is 0.465 e. The zero-order chi connectivity index (χ0) is 14.5. The van der Waals surface area contributed by atoms with Crippen molar-refractivity contribution in [2.45, 2.75) is 45.8 Å². The second-order valence-electron chi connectivity index (χ2n) is 5.87. The van der Waals surface area contributed by atoms with Gasteiger partial charge in [-0.2, -0.15) is 0 Å². The third-order valence-electron chi connectivity index (χ3n) is 3.26. The molecule has 1 amide bonds. The molecule has 0 fully saturated rings. The summed E-state index contributed by atoms with van der Waals surface area (Å²) in [5.74, 6) is 0. The second-order valence-corrected chi connectivity index (χ2v) is 5.87. The summed E-state index contributed by atoms with van der Waals surface area (Å²) in [6.07, 6.45) is -0.436. The Labute approximate surface area is 114 Å². The SMILES string of the molecule is CC(C)(C)C(CC[C@H](O)c1ccccc1)NC(=O)O. The topological polar surface area (TPSA) is 69.6 Å². The van der Waals surface area contributed by atoms with Crippen LogP contribution in [-0.2, 0) is 0 Å². The number of carboxylic acid groups (broad SMARTS) is 1. The summed E-state index contributed by atoms with van der Waals surface area (Å²) in [7, 11) is 0. The van der Waals surface area contributed by atoms with Crippen molar-refractivity contribution in [3.05, 3.63) is 35.9 Å². The van der Waals surface area contributed by atoms with Crippen molar-refractivity contribution in [3.8, 4) is 0 Å². The van der Waals surface area contributed by atoms with Gasteiger partial charge in [0.1, 0.15) is 0 Å². The molecular formula is C15H23NO3. The van der Waals surface area contributed by atoms with Gasteiger partial charge in [0.05, 0.1) is 6.10 Å². The molecule has 0 radical (unpaired) electrons. The van der Waals surface area contributed by atoms with Crippen LogP contribution in [0.2, 0.25) is 0 Å². The first kappa shape index (κ1) is 15.5. The van der Waals surface area contributed by atoms with E-state index in [9.17, 15) is 9.90 Å². The summed E-state index contributed by atoms with van der Waals surface area (Å²) >= 11 is 0. The van der Waals surface area contributed by atoms with Crippen molar-refractivity contribution >= 4 is 6.09 Å². The van der Waals surface area contributed by atoms with Crippen LogP contribution in [0, 0.1) is 5.41 Å². The van der Waals surface area contributed by atoms with E-state index in [1.54, 1.807) is 0 Å². The highest BCUT2D eigenvalue weighted by atomic mass is 16.4. The molecule has 0 aliphatic heterocycles. The summed E-state index contributed by atoms with van der Waals surface area (Å²) < 4.78 is 0. The minimum absolute atomic E-state index is 0.172. The van der Waals surface area contributed by atoms with E-state index in [2.05, 4.69) is 5.32 Å². The molecule has 4 nitrogen and oxygen atoms in total. The maximum atomic E-state index is 10.8. The maximum Gasteiger partial charge on any atom is 0.404 e. The van der Waals surface area contributed by atoms with E-state index >= 15 is 0 Å². The van der Waals surface area contributed by atoms with Crippen LogP contribution < -0.4 is 5.32 Å². The zero-order valence-electron chi connectivity index (χ0n) is 11.8. The number of aliphatic hydroxyl groups excluding tert-OH is 1. The van der Waals surface area contributed by atoms with Crippen LogP contribution in [0.3, 0.4) is 0 Å². The Morgan fingerprint density at radius 2 is 1.79 bits per heavy atom. The van der Waals surface area contributed by atoms with E-state index in [1.807, 2.05) is 51.1 Å². The fourth-order valence-electron chi connectivity index (χ4n) is 2.04. The third-order valence-corrected chi connectivity index (χ3v) is 3.26. The van der Waals surface area contributed by atoms with Crippen LogP contribution >= 0.6 is 0 Å². The molecule has 2 atom stereocenters. The van der Waals surface area contributed by atoms with Gasteiger partial charge < -0.3 is 15.5 Å². The Morgan fingerprint density at radius 1 is 1.21 bits per heavy atom. The number of hydrogen-bond donors (Lipinski definition) is 3. The summed E-state index contributed by atoms with van der Waals surface area (Å²) in [4.78, 5) is 10.8. The fourth-order valence-corrected chi connectivity index (χ4v) is 2.04. The molecule has 0 saturated carbocycles. The van der Waals surface area contributed by atoms with E-state index < -0.39 is 12.2 Å². The average Bonchev–Trinajstić information content (AvgIpc) is 2.33. The third kappa shape index (κ3) is 5.30. The fraction of sp³-hybridized carbons (Fsp3) is 0.533. The molecule has 3 N–H and O–H groups in total. The van der Waals surface area contributed by atoms with Crippen LogP contribution in [0.5, 0.6) is 0 Å². The van der Waals surface area contributed by atoms with Crippen LogP contribution in [0.15, 0.2) is 30.3 Å². The van der Waals surface area contributed by atoms with E-state index in [-0.39, 0.29) is 11.5 Å². The Morgan fingerprint density at radius 3 is 2.26 bits per heavy atom. The molecule has 0 aliphatic rings. The predicted molar refractivity (Wildman–Crippen MR) is 75.0 cm³/mol. The van der Waals surface area contributed by atoms with E-state index in [1.165, 1.54) is 0 Å². The highest BCUT2D eigenvalue weighted by molar-refractivity contribution is 5.64. The number of nitrogens with one attached hydrogen (secondary N) is 1. The first-order valence-corrected chi connectivity index (χ1v) is 6.53. The Balaban J connectivity index is 2.59. The number of benzene rings is 1. The van der Waals surface area contributed by atoms with E-state index in [0.29, 0.717) is 12.8 Å². The second kappa shape index (κ2) is 6.57. The minimum Gasteiger partial charge on any atom is -0.465 e. The molecule has 106 valence electrons. The van der Waals surface area contributed by atoms with Gasteiger partial charge >= 0.3 is 6.09 Å².